The van der Waals surface area contributed by atoms with Crippen molar-refractivity contribution in [2.45, 2.75) is 25.6 Å². The summed E-state index contributed by atoms with van der Waals surface area (Å²) >= 11 is 5.41. The van der Waals surface area contributed by atoms with E-state index in [1.54, 1.807) is 13.0 Å². The third-order valence-electron chi connectivity index (χ3n) is 2.04. The second-order valence-electron chi connectivity index (χ2n) is 3.18. The highest BCUT2D eigenvalue weighted by molar-refractivity contribution is 6.29. The van der Waals surface area contributed by atoms with Gasteiger partial charge in [-0.25, -0.2) is 4.68 Å². The molecule has 0 spiro atoms. The Morgan fingerprint density at radius 1 is 1.65 bits per heavy atom. The Morgan fingerprint density at radius 2 is 2.24 bits per heavy atom. The summed E-state index contributed by atoms with van der Waals surface area (Å²) in [6.45, 7) is 1.55. The maximum atomic E-state index is 12.5. The van der Waals surface area contributed by atoms with Crippen LogP contribution in [0.2, 0.25) is 5.15 Å². The zero-order chi connectivity index (χ0) is 13.2. The number of nitriles is 1. The molecule has 8 heteroatoms. The predicted octanol–water partition coefficient (Wildman–Crippen LogP) is 2.39. The molecule has 0 bridgehead atoms. The zero-order valence-corrected chi connectivity index (χ0v) is 9.38. The molecule has 0 radical (unpaired) electrons. The molecule has 0 N–H and O–H groups in total. The average molecular weight is 266 g/mol. The van der Waals surface area contributed by atoms with Gasteiger partial charge in [0.25, 0.3) is 5.56 Å². The fourth-order valence-electron chi connectivity index (χ4n) is 1.21. The van der Waals surface area contributed by atoms with Crippen molar-refractivity contribution in [3.63, 3.8) is 0 Å². The number of alkyl halides is 3. The monoisotopic (exact) mass is 265 g/mol. The standard InChI is InChI=1S/C9H7ClF3N3O/c1-2-5(4-14)16-8(17)6(9(11,12)13)3-7(10)15-16/h3,5H,2H2,1H3. The minimum Gasteiger partial charge on any atom is -0.267 e. The Labute approximate surface area is 99.2 Å². The summed E-state index contributed by atoms with van der Waals surface area (Å²) < 4.78 is 38.0. The Hall–Kier alpha value is -1.55. The van der Waals surface area contributed by atoms with E-state index in [-0.39, 0.29) is 6.42 Å². The lowest BCUT2D eigenvalue weighted by molar-refractivity contribution is -0.139. The van der Waals surface area contributed by atoms with E-state index in [0.29, 0.717) is 10.7 Å². The Balaban J connectivity index is 3.51. The van der Waals surface area contributed by atoms with Gasteiger partial charge in [0.15, 0.2) is 5.15 Å². The summed E-state index contributed by atoms with van der Waals surface area (Å²) in [4.78, 5) is 11.5. The summed E-state index contributed by atoms with van der Waals surface area (Å²) in [7, 11) is 0. The minimum atomic E-state index is -4.82. The van der Waals surface area contributed by atoms with Crippen LogP contribution in [0.5, 0.6) is 0 Å². The van der Waals surface area contributed by atoms with Gasteiger partial charge in [0.1, 0.15) is 11.6 Å². The summed E-state index contributed by atoms with van der Waals surface area (Å²) in [5.74, 6) is 0. The Bertz CT molecular complexity index is 518. The van der Waals surface area contributed by atoms with Crippen molar-refractivity contribution in [2.24, 2.45) is 0 Å². The van der Waals surface area contributed by atoms with Crippen LogP contribution in [0.25, 0.3) is 0 Å². The second-order valence-corrected chi connectivity index (χ2v) is 3.57. The van der Waals surface area contributed by atoms with Gasteiger partial charge in [-0.1, -0.05) is 18.5 Å². The van der Waals surface area contributed by atoms with Crippen LogP contribution in [0.1, 0.15) is 24.9 Å². The number of aromatic nitrogens is 2. The number of rotatable bonds is 2. The number of hydrogen-bond acceptors (Lipinski definition) is 3. The fourth-order valence-corrected chi connectivity index (χ4v) is 1.41. The highest BCUT2D eigenvalue weighted by atomic mass is 35.5. The van der Waals surface area contributed by atoms with E-state index >= 15 is 0 Å². The molecule has 0 aliphatic heterocycles. The highest BCUT2D eigenvalue weighted by Crippen LogP contribution is 2.27. The molecule has 0 saturated heterocycles. The molecule has 0 fully saturated rings. The van der Waals surface area contributed by atoms with Crippen molar-refractivity contribution in [3.05, 3.63) is 27.1 Å². The molecule has 1 rings (SSSR count). The molecule has 17 heavy (non-hydrogen) atoms. The first-order valence-electron chi connectivity index (χ1n) is 4.57. The first-order chi connectivity index (χ1) is 7.81. The number of hydrogen-bond donors (Lipinski definition) is 0. The van der Waals surface area contributed by atoms with Crippen molar-refractivity contribution in [3.8, 4) is 6.07 Å². The van der Waals surface area contributed by atoms with E-state index in [0.717, 1.165) is 0 Å². The number of nitrogens with zero attached hydrogens (tertiary/aromatic N) is 3. The molecule has 1 aromatic rings. The summed E-state index contributed by atoms with van der Waals surface area (Å²) in [5.41, 5.74) is -2.79. The SMILES string of the molecule is CCC(C#N)n1nc(Cl)cc(C(F)(F)F)c1=O. The first-order valence-corrected chi connectivity index (χ1v) is 4.95. The van der Waals surface area contributed by atoms with Gasteiger partial charge in [-0.05, 0) is 12.5 Å². The molecular formula is C9H7ClF3N3O. The van der Waals surface area contributed by atoms with Gasteiger partial charge in [-0.15, -0.1) is 0 Å². The molecule has 1 unspecified atom stereocenters. The van der Waals surface area contributed by atoms with Crippen molar-refractivity contribution in [1.82, 2.24) is 9.78 Å². The van der Waals surface area contributed by atoms with E-state index in [1.807, 2.05) is 0 Å². The molecular weight excluding hydrogens is 259 g/mol. The normalized spacial score (nSPS) is 13.2. The van der Waals surface area contributed by atoms with Gasteiger partial charge in [0.2, 0.25) is 0 Å². The fraction of sp³-hybridized carbons (Fsp3) is 0.444. The first kappa shape index (κ1) is 13.5. The quantitative estimate of drug-likeness (QED) is 0.825. The lowest BCUT2D eigenvalue weighted by Crippen LogP contribution is -2.32. The van der Waals surface area contributed by atoms with Gasteiger partial charge in [-0.3, -0.25) is 4.79 Å². The molecule has 92 valence electrons. The predicted molar refractivity (Wildman–Crippen MR) is 53.5 cm³/mol. The van der Waals surface area contributed by atoms with Crippen LogP contribution < -0.4 is 5.56 Å². The largest absolute Gasteiger partial charge is 0.421 e. The summed E-state index contributed by atoms with van der Waals surface area (Å²) in [5, 5.41) is 11.7. The Morgan fingerprint density at radius 3 is 2.65 bits per heavy atom. The van der Waals surface area contributed by atoms with E-state index < -0.39 is 28.5 Å². The van der Waals surface area contributed by atoms with Crippen LogP contribution in [0.3, 0.4) is 0 Å². The van der Waals surface area contributed by atoms with E-state index in [1.165, 1.54) is 0 Å². The molecule has 0 aliphatic rings. The molecule has 1 atom stereocenters. The van der Waals surface area contributed by atoms with E-state index in [9.17, 15) is 18.0 Å². The van der Waals surface area contributed by atoms with Gasteiger partial charge in [-0.2, -0.15) is 23.5 Å². The Kier molecular flexibility index (Phi) is 3.78. The third kappa shape index (κ3) is 2.77. The summed E-state index contributed by atoms with van der Waals surface area (Å²) in [6, 6.07) is 1.07. The van der Waals surface area contributed by atoms with Gasteiger partial charge in [0.05, 0.1) is 6.07 Å². The van der Waals surface area contributed by atoms with Crippen molar-refractivity contribution >= 4 is 11.6 Å². The van der Waals surface area contributed by atoms with Gasteiger partial charge < -0.3 is 0 Å². The van der Waals surface area contributed by atoms with Gasteiger partial charge in [0, 0.05) is 0 Å². The lowest BCUT2D eigenvalue weighted by Gasteiger charge is -2.12. The van der Waals surface area contributed by atoms with Crippen molar-refractivity contribution in [1.29, 1.82) is 5.26 Å². The maximum absolute atomic E-state index is 12.5. The van der Waals surface area contributed by atoms with Crippen LogP contribution in [0.4, 0.5) is 13.2 Å². The number of halogens is 4. The van der Waals surface area contributed by atoms with Crippen LogP contribution in [-0.2, 0) is 6.18 Å². The molecule has 1 aromatic heterocycles. The van der Waals surface area contributed by atoms with E-state index in [2.05, 4.69) is 5.10 Å². The van der Waals surface area contributed by atoms with Crippen LogP contribution in [0, 0.1) is 11.3 Å². The zero-order valence-electron chi connectivity index (χ0n) is 8.62. The van der Waals surface area contributed by atoms with Crippen molar-refractivity contribution in [2.75, 3.05) is 0 Å². The maximum Gasteiger partial charge on any atom is 0.421 e. The molecule has 0 amide bonds. The molecule has 0 aliphatic carbocycles. The minimum absolute atomic E-state index is 0.154. The van der Waals surface area contributed by atoms with Crippen LogP contribution in [0.15, 0.2) is 10.9 Å². The van der Waals surface area contributed by atoms with Crippen LogP contribution >= 0.6 is 11.6 Å². The van der Waals surface area contributed by atoms with Gasteiger partial charge >= 0.3 is 6.18 Å². The molecule has 0 aromatic carbocycles. The van der Waals surface area contributed by atoms with Crippen LogP contribution in [-0.4, -0.2) is 9.78 Å². The van der Waals surface area contributed by atoms with Crippen molar-refractivity contribution < 1.29 is 13.2 Å². The topological polar surface area (TPSA) is 58.7 Å². The molecule has 1 heterocycles. The van der Waals surface area contributed by atoms with E-state index in [4.69, 9.17) is 16.9 Å². The third-order valence-corrected chi connectivity index (χ3v) is 2.23. The smallest absolute Gasteiger partial charge is 0.267 e. The highest BCUT2D eigenvalue weighted by Gasteiger charge is 2.36. The average Bonchev–Trinajstić information content (AvgIpc) is 2.22. The summed E-state index contributed by atoms with van der Waals surface area (Å²) in [6.07, 6.45) is -4.67. The lowest BCUT2D eigenvalue weighted by atomic mass is 10.2. The molecule has 4 nitrogen and oxygen atoms in total. The second kappa shape index (κ2) is 4.75. The molecule has 0 saturated carbocycles.